The molecule has 0 radical (unpaired) electrons. The Hall–Kier alpha value is -0.0800. The van der Waals surface area contributed by atoms with Gasteiger partial charge in [0, 0.05) is 31.7 Å². The van der Waals surface area contributed by atoms with Crippen molar-refractivity contribution in [3.63, 3.8) is 0 Å². The van der Waals surface area contributed by atoms with Crippen LogP contribution >= 0.6 is 0 Å². The average Bonchev–Trinajstić information content (AvgIpc) is 2.32. The number of hydrogen-bond donors (Lipinski definition) is 1. The highest BCUT2D eigenvalue weighted by atomic mass is 15.2. The van der Waals surface area contributed by atoms with E-state index in [4.69, 9.17) is 0 Å². The Kier molecular flexibility index (Phi) is 5.08. The molecule has 1 heterocycles. The van der Waals surface area contributed by atoms with Crippen molar-refractivity contribution in [3.8, 4) is 0 Å². The van der Waals surface area contributed by atoms with Crippen LogP contribution in [0.5, 0.6) is 0 Å². The van der Waals surface area contributed by atoms with Crippen molar-refractivity contribution in [1.29, 1.82) is 0 Å². The molecule has 18 heavy (non-hydrogen) atoms. The second-order valence-electron chi connectivity index (χ2n) is 7.20. The topological polar surface area (TPSA) is 15.3 Å². The van der Waals surface area contributed by atoms with Crippen LogP contribution in [0.25, 0.3) is 0 Å². The van der Waals surface area contributed by atoms with Gasteiger partial charge in [-0.15, -0.1) is 0 Å². The number of nitrogens with zero attached hydrogens (tertiary/aromatic N) is 1. The lowest BCUT2D eigenvalue weighted by molar-refractivity contribution is 0.0780. The third-order valence-electron chi connectivity index (χ3n) is 5.13. The van der Waals surface area contributed by atoms with E-state index in [2.05, 4.69) is 37.9 Å². The van der Waals surface area contributed by atoms with E-state index in [1.54, 1.807) is 0 Å². The number of piperazine rings is 1. The van der Waals surface area contributed by atoms with Gasteiger partial charge in [-0.3, -0.25) is 4.90 Å². The largest absolute Gasteiger partial charge is 0.311 e. The highest BCUT2D eigenvalue weighted by Gasteiger charge is 2.31. The SMILES string of the molecule is CC(C)CC1CN(C2CCC(C)C(C)C2)CCN1. The van der Waals surface area contributed by atoms with Gasteiger partial charge in [-0.1, -0.05) is 27.7 Å². The van der Waals surface area contributed by atoms with Gasteiger partial charge >= 0.3 is 0 Å². The van der Waals surface area contributed by atoms with Gasteiger partial charge in [-0.25, -0.2) is 0 Å². The van der Waals surface area contributed by atoms with E-state index in [0.717, 1.165) is 29.8 Å². The van der Waals surface area contributed by atoms with Crippen LogP contribution in [-0.2, 0) is 0 Å². The van der Waals surface area contributed by atoms with Crippen molar-refractivity contribution in [3.05, 3.63) is 0 Å². The minimum atomic E-state index is 0.730. The molecule has 1 aliphatic carbocycles. The zero-order valence-corrected chi connectivity index (χ0v) is 12.8. The second kappa shape index (κ2) is 6.38. The molecule has 4 unspecified atom stereocenters. The predicted octanol–water partition coefficient (Wildman–Crippen LogP) is 3.13. The van der Waals surface area contributed by atoms with Crippen molar-refractivity contribution in [2.45, 2.75) is 65.5 Å². The van der Waals surface area contributed by atoms with Gasteiger partial charge in [0.15, 0.2) is 0 Å². The van der Waals surface area contributed by atoms with Crippen molar-refractivity contribution in [1.82, 2.24) is 10.2 Å². The molecule has 2 aliphatic rings. The summed E-state index contributed by atoms with van der Waals surface area (Å²) in [7, 11) is 0. The first kappa shape index (κ1) is 14.3. The van der Waals surface area contributed by atoms with E-state index in [1.807, 2.05) is 0 Å². The zero-order chi connectivity index (χ0) is 13.1. The molecule has 106 valence electrons. The fourth-order valence-electron chi connectivity index (χ4n) is 3.76. The highest BCUT2D eigenvalue weighted by molar-refractivity contribution is 4.87. The minimum absolute atomic E-state index is 0.730. The van der Waals surface area contributed by atoms with Gasteiger partial charge in [0.2, 0.25) is 0 Å². The Morgan fingerprint density at radius 2 is 1.94 bits per heavy atom. The summed E-state index contributed by atoms with van der Waals surface area (Å²) in [6, 6.07) is 1.60. The molecule has 2 fully saturated rings. The molecular weight excluding hydrogens is 220 g/mol. The third kappa shape index (κ3) is 3.71. The van der Waals surface area contributed by atoms with Crippen LogP contribution in [-0.4, -0.2) is 36.6 Å². The summed E-state index contributed by atoms with van der Waals surface area (Å²) in [4.78, 5) is 2.78. The molecule has 1 N–H and O–H groups in total. The van der Waals surface area contributed by atoms with Crippen LogP contribution in [0.4, 0.5) is 0 Å². The van der Waals surface area contributed by atoms with Gasteiger partial charge in [-0.2, -0.15) is 0 Å². The molecular formula is C16H32N2. The van der Waals surface area contributed by atoms with Crippen molar-refractivity contribution >= 4 is 0 Å². The second-order valence-corrected chi connectivity index (χ2v) is 7.20. The molecule has 1 saturated carbocycles. The van der Waals surface area contributed by atoms with Crippen LogP contribution in [0.2, 0.25) is 0 Å². The van der Waals surface area contributed by atoms with Crippen LogP contribution in [0, 0.1) is 17.8 Å². The number of hydrogen-bond acceptors (Lipinski definition) is 2. The average molecular weight is 252 g/mol. The molecule has 0 amide bonds. The third-order valence-corrected chi connectivity index (χ3v) is 5.13. The molecule has 1 aliphatic heterocycles. The summed E-state index contributed by atoms with van der Waals surface area (Å²) < 4.78 is 0. The van der Waals surface area contributed by atoms with Crippen LogP contribution in [0.15, 0.2) is 0 Å². The summed E-state index contributed by atoms with van der Waals surface area (Å²) >= 11 is 0. The molecule has 2 rings (SSSR count). The summed E-state index contributed by atoms with van der Waals surface area (Å²) in [6.07, 6.45) is 5.62. The Morgan fingerprint density at radius 3 is 2.61 bits per heavy atom. The maximum atomic E-state index is 3.70. The van der Waals surface area contributed by atoms with E-state index < -0.39 is 0 Å². The van der Waals surface area contributed by atoms with Crippen molar-refractivity contribution < 1.29 is 0 Å². The molecule has 0 aromatic rings. The van der Waals surface area contributed by atoms with Gasteiger partial charge in [0.1, 0.15) is 0 Å². The van der Waals surface area contributed by atoms with Gasteiger partial charge in [0.25, 0.3) is 0 Å². The van der Waals surface area contributed by atoms with E-state index >= 15 is 0 Å². The number of rotatable bonds is 3. The molecule has 0 bridgehead atoms. The molecule has 0 spiro atoms. The summed E-state index contributed by atoms with van der Waals surface area (Å²) in [5.41, 5.74) is 0. The lowest BCUT2D eigenvalue weighted by Gasteiger charge is -2.43. The lowest BCUT2D eigenvalue weighted by atomic mass is 9.78. The molecule has 2 nitrogen and oxygen atoms in total. The van der Waals surface area contributed by atoms with E-state index in [9.17, 15) is 0 Å². The molecule has 2 heteroatoms. The molecule has 0 aromatic carbocycles. The standard InChI is InChI=1S/C16H32N2/c1-12(2)9-15-11-18(8-7-17-15)16-6-5-13(3)14(4)10-16/h12-17H,5-11H2,1-4H3. The van der Waals surface area contributed by atoms with Crippen LogP contribution in [0.3, 0.4) is 0 Å². The quantitative estimate of drug-likeness (QED) is 0.830. The first-order valence-corrected chi connectivity index (χ1v) is 8.03. The fourth-order valence-corrected chi connectivity index (χ4v) is 3.76. The zero-order valence-electron chi connectivity index (χ0n) is 12.8. The van der Waals surface area contributed by atoms with E-state index in [0.29, 0.717) is 0 Å². The summed E-state index contributed by atoms with van der Waals surface area (Å²) in [6.45, 7) is 13.3. The Bertz CT molecular complexity index is 251. The van der Waals surface area contributed by atoms with Crippen molar-refractivity contribution in [2.75, 3.05) is 19.6 Å². The molecule has 1 saturated heterocycles. The number of nitrogens with one attached hydrogen (secondary N) is 1. The molecule has 4 atom stereocenters. The molecule has 0 aromatic heterocycles. The first-order chi connectivity index (χ1) is 8.56. The van der Waals surface area contributed by atoms with Gasteiger partial charge < -0.3 is 5.32 Å². The predicted molar refractivity (Wildman–Crippen MR) is 78.8 cm³/mol. The van der Waals surface area contributed by atoms with Crippen LogP contribution in [0.1, 0.15) is 53.4 Å². The van der Waals surface area contributed by atoms with Gasteiger partial charge in [-0.05, 0) is 43.4 Å². The van der Waals surface area contributed by atoms with E-state index in [-0.39, 0.29) is 0 Å². The summed E-state index contributed by atoms with van der Waals surface area (Å²) in [5.74, 6) is 2.67. The Balaban J connectivity index is 1.85. The van der Waals surface area contributed by atoms with E-state index in [1.165, 1.54) is 45.3 Å². The summed E-state index contributed by atoms with van der Waals surface area (Å²) in [5, 5.41) is 3.70. The van der Waals surface area contributed by atoms with Crippen LogP contribution < -0.4 is 5.32 Å². The Labute approximate surface area is 114 Å². The minimum Gasteiger partial charge on any atom is -0.311 e. The van der Waals surface area contributed by atoms with Crippen molar-refractivity contribution in [2.24, 2.45) is 17.8 Å². The highest BCUT2D eigenvalue weighted by Crippen LogP contribution is 2.32. The maximum absolute atomic E-state index is 3.70. The fraction of sp³-hybridized carbons (Fsp3) is 1.00. The monoisotopic (exact) mass is 252 g/mol. The Morgan fingerprint density at radius 1 is 1.17 bits per heavy atom. The lowest BCUT2D eigenvalue weighted by Crippen LogP contribution is -2.55. The first-order valence-electron chi connectivity index (χ1n) is 8.03. The normalized spacial score (nSPS) is 39.2. The maximum Gasteiger partial charge on any atom is 0.0198 e. The smallest absolute Gasteiger partial charge is 0.0198 e. The van der Waals surface area contributed by atoms with Gasteiger partial charge in [0.05, 0.1) is 0 Å².